The summed E-state index contributed by atoms with van der Waals surface area (Å²) in [5.41, 5.74) is 1.19. The van der Waals surface area contributed by atoms with Crippen molar-refractivity contribution in [3.8, 4) is 5.75 Å². The highest BCUT2D eigenvalue weighted by atomic mass is 16.5. The number of carbonyl (C=O) groups is 1. The lowest BCUT2D eigenvalue weighted by Crippen LogP contribution is -2.34. The molecule has 1 heterocycles. The van der Waals surface area contributed by atoms with Crippen molar-refractivity contribution in [1.82, 2.24) is 5.32 Å². The highest BCUT2D eigenvalue weighted by molar-refractivity contribution is 5.66. The van der Waals surface area contributed by atoms with Crippen LogP contribution in [0.25, 0.3) is 0 Å². The predicted octanol–water partition coefficient (Wildman–Crippen LogP) is 1.35. The molecule has 1 unspecified atom stereocenters. The van der Waals surface area contributed by atoms with Crippen molar-refractivity contribution in [3.05, 3.63) is 29.8 Å². The molecule has 0 fully saturated rings. The monoisotopic (exact) mass is 207 g/mol. The first-order chi connectivity index (χ1) is 7.29. The van der Waals surface area contributed by atoms with Gasteiger partial charge in [-0.05, 0) is 11.6 Å². The van der Waals surface area contributed by atoms with Crippen LogP contribution in [0.2, 0.25) is 0 Å². The lowest BCUT2D eigenvalue weighted by Gasteiger charge is -2.10. The van der Waals surface area contributed by atoms with Gasteiger partial charge in [0.05, 0.1) is 13.7 Å². The number of benzene rings is 1. The zero-order valence-corrected chi connectivity index (χ0v) is 8.53. The average molecular weight is 207 g/mol. The molecular formula is C11H13NO3. The molecule has 4 nitrogen and oxygen atoms in total. The number of methoxy groups -OCH3 is 1. The maximum absolute atomic E-state index is 10.9. The first-order valence-corrected chi connectivity index (χ1v) is 4.86. The van der Waals surface area contributed by atoms with Crippen LogP contribution >= 0.6 is 0 Å². The van der Waals surface area contributed by atoms with Gasteiger partial charge in [-0.25, -0.2) is 4.79 Å². The normalized spacial score (nSPS) is 17.8. The van der Waals surface area contributed by atoms with E-state index >= 15 is 0 Å². The van der Waals surface area contributed by atoms with E-state index in [-0.39, 0.29) is 6.10 Å². The number of alkyl carbamates (subject to hydrolysis) is 1. The smallest absolute Gasteiger partial charge is 0.406 e. The standard InChI is InChI=1S/C11H13NO3/c1-14-11(13)12-7-9-6-8-4-2-3-5-10(8)15-9/h2-5,9H,6-7H2,1H3,(H,12,13). The summed E-state index contributed by atoms with van der Waals surface area (Å²) in [7, 11) is 1.35. The van der Waals surface area contributed by atoms with Crippen molar-refractivity contribution in [2.75, 3.05) is 13.7 Å². The molecule has 1 amide bonds. The number of ether oxygens (including phenoxy) is 2. The van der Waals surface area contributed by atoms with Crippen LogP contribution in [0.4, 0.5) is 4.79 Å². The Kier molecular flexibility index (Phi) is 2.76. The number of carbonyl (C=O) groups excluding carboxylic acids is 1. The minimum absolute atomic E-state index is 0.0153. The number of nitrogens with one attached hydrogen (secondary N) is 1. The van der Waals surface area contributed by atoms with Gasteiger partial charge in [-0.15, -0.1) is 0 Å². The maximum Gasteiger partial charge on any atom is 0.406 e. The summed E-state index contributed by atoms with van der Waals surface area (Å²) in [5, 5.41) is 2.62. The Hall–Kier alpha value is -1.71. The topological polar surface area (TPSA) is 47.6 Å². The predicted molar refractivity (Wildman–Crippen MR) is 55.0 cm³/mol. The van der Waals surface area contributed by atoms with Gasteiger partial charge in [-0.2, -0.15) is 0 Å². The highest BCUT2D eigenvalue weighted by Crippen LogP contribution is 2.27. The van der Waals surface area contributed by atoms with E-state index < -0.39 is 6.09 Å². The molecule has 1 aliphatic heterocycles. The van der Waals surface area contributed by atoms with Crippen LogP contribution in [-0.4, -0.2) is 25.9 Å². The van der Waals surface area contributed by atoms with Crippen LogP contribution in [0.3, 0.4) is 0 Å². The van der Waals surface area contributed by atoms with Crippen LogP contribution in [0.15, 0.2) is 24.3 Å². The van der Waals surface area contributed by atoms with Crippen molar-refractivity contribution in [2.24, 2.45) is 0 Å². The molecule has 80 valence electrons. The van der Waals surface area contributed by atoms with E-state index in [9.17, 15) is 4.79 Å². The van der Waals surface area contributed by atoms with E-state index in [1.165, 1.54) is 12.7 Å². The second-order valence-electron chi connectivity index (χ2n) is 3.42. The Bertz CT molecular complexity index is 340. The number of para-hydroxylation sites is 1. The molecule has 0 saturated carbocycles. The van der Waals surface area contributed by atoms with Crippen molar-refractivity contribution < 1.29 is 14.3 Å². The molecule has 1 aromatic rings. The maximum atomic E-state index is 10.9. The number of rotatable bonds is 2. The van der Waals surface area contributed by atoms with Gasteiger partial charge in [0.15, 0.2) is 0 Å². The molecule has 0 aromatic heterocycles. The zero-order valence-electron chi connectivity index (χ0n) is 8.53. The van der Waals surface area contributed by atoms with Gasteiger partial charge in [0, 0.05) is 6.42 Å². The Balaban J connectivity index is 1.88. The van der Waals surface area contributed by atoms with Crippen LogP contribution in [0.5, 0.6) is 5.75 Å². The first-order valence-electron chi connectivity index (χ1n) is 4.86. The molecule has 1 N–H and O–H groups in total. The largest absolute Gasteiger partial charge is 0.488 e. The van der Waals surface area contributed by atoms with Crippen LogP contribution in [-0.2, 0) is 11.2 Å². The van der Waals surface area contributed by atoms with E-state index in [0.29, 0.717) is 6.54 Å². The van der Waals surface area contributed by atoms with E-state index in [1.807, 2.05) is 24.3 Å². The fourth-order valence-electron chi connectivity index (χ4n) is 1.64. The summed E-state index contributed by atoms with van der Waals surface area (Å²) in [6.45, 7) is 0.474. The highest BCUT2D eigenvalue weighted by Gasteiger charge is 2.22. The Morgan fingerprint density at radius 1 is 1.60 bits per heavy atom. The van der Waals surface area contributed by atoms with Crippen molar-refractivity contribution >= 4 is 6.09 Å². The van der Waals surface area contributed by atoms with Gasteiger partial charge >= 0.3 is 6.09 Å². The van der Waals surface area contributed by atoms with E-state index in [4.69, 9.17) is 4.74 Å². The quantitative estimate of drug-likeness (QED) is 0.796. The molecule has 15 heavy (non-hydrogen) atoms. The van der Waals surface area contributed by atoms with Crippen LogP contribution in [0.1, 0.15) is 5.56 Å². The Labute approximate surface area is 88.2 Å². The molecule has 1 aromatic carbocycles. The number of hydrogen-bond donors (Lipinski definition) is 1. The fourth-order valence-corrected chi connectivity index (χ4v) is 1.64. The minimum atomic E-state index is -0.422. The lowest BCUT2D eigenvalue weighted by molar-refractivity contribution is 0.161. The Morgan fingerprint density at radius 3 is 3.13 bits per heavy atom. The van der Waals surface area contributed by atoms with Crippen LogP contribution in [0, 0.1) is 0 Å². The SMILES string of the molecule is COC(=O)NCC1Cc2ccccc2O1. The summed E-state index contributed by atoms with van der Waals surface area (Å²) < 4.78 is 10.1. The third-order valence-electron chi connectivity index (χ3n) is 2.37. The molecule has 0 radical (unpaired) electrons. The van der Waals surface area contributed by atoms with E-state index in [0.717, 1.165) is 12.2 Å². The summed E-state index contributed by atoms with van der Waals surface area (Å²) in [5.74, 6) is 0.911. The van der Waals surface area contributed by atoms with Gasteiger partial charge in [-0.1, -0.05) is 18.2 Å². The fraction of sp³-hybridized carbons (Fsp3) is 0.364. The molecular weight excluding hydrogens is 194 g/mol. The molecule has 0 spiro atoms. The summed E-state index contributed by atoms with van der Waals surface area (Å²) in [4.78, 5) is 10.9. The number of amides is 1. The van der Waals surface area contributed by atoms with Gasteiger partial charge in [0.1, 0.15) is 11.9 Å². The summed E-state index contributed by atoms with van der Waals surface area (Å²) >= 11 is 0. The lowest BCUT2D eigenvalue weighted by atomic mass is 10.1. The number of hydrogen-bond acceptors (Lipinski definition) is 3. The van der Waals surface area contributed by atoms with Gasteiger partial charge < -0.3 is 14.8 Å². The zero-order chi connectivity index (χ0) is 10.7. The van der Waals surface area contributed by atoms with Gasteiger partial charge in [0.25, 0.3) is 0 Å². The van der Waals surface area contributed by atoms with Crippen molar-refractivity contribution in [3.63, 3.8) is 0 Å². The van der Waals surface area contributed by atoms with Crippen molar-refractivity contribution in [1.29, 1.82) is 0 Å². The van der Waals surface area contributed by atoms with Crippen LogP contribution < -0.4 is 10.1 Å². The van der Waals surface area contributed by atoms with E-state index in [2.05, 4.69) is 10.1 Å². The van der Waals surface area contributed by atoms with E-state index in [1.54, 1.807) is 0 Å². The Morgan fingerprint density at radius 2 is 2.40 bits per heavy atom. The molecule has 0 aliphatic carbocycles. The third kappa shape index (κ3) is 2.21. The molecule has 0 saturated heterocycles. The van der Waals surface area contributed by atoms with Gasteiger partial charge in [-0.3, -0.25) is 0 Å². The van der Waals surface area contributed by atoms with Gasteiger partial charge in [0.2, 0.25) is 0 Å². The molecule has 1 aliphatic rings. The second kappa shape index (κ2) is 4.21. The third-order valence-corrected chi connectivity index (χ3v) is 2.37. The molecule has 4 heteroatoms. The summed E-state index contributed by atoms with van der Waals surface area (Å²) in [6.07, 6.45) is 0.427. The minimum Gasteiger partial charge on any atom is -0.488 e. The average Bonchev–Trinajstić information content (AvgIpc) is 2.68. The first kappa shape index (κ1) is 9.83. The van der Waals surface area contributed by atoms with Crippen molar-refractivity contribution in [2.45, 2.75) is 12.5 Å². The summed E-state index contributed by atoms with van der Waals surface area (Å²) in [6, 6.07) is 7.90. The second-order valence-corrected chi connectivity index (χ2v) is 3.42. The molecule has 1 atom stereocenters. The number of fused-ring (bicyclic) bond motifs is 1. The molecule has 2 rings (SSSR count). The molecule has 0 bridgehead atoms.